The average Bonchev–Trinajstić information content (AvgIpc) is 3.25. The van der Waals surface area contributed by atoms with Gasteiger partial charge in [-0.05, 0) is 37.1 Å². The van der Waals surface area contributed by atoms with Crippen molar-refractivity contribution in [2.75, 3.05) is 24.8 Å². The number of hydrogen-bond acceptors (Lipinski definition) is 7. The predicted molar refractivity (Wildman–Crippen MR) is 105 cm³/mol. The molecule has 2 heterocycles. The van der Waals surface area contributed by atoms with Crippen LogP contribution in [0.25, 0.3) is 0 Å². The normalized spacial score (nSPS) is 15.6. The first kappa shape index (κ1) is 19.5. The van der Waals surface area contributed by atoms with Gasteiger partial charge in [0.2, 0.25) is 0 Å². The molecule has 2 aliphatic heterocycles. The highest BCUT2D eigenvalue weighted by Gasteiger charge is 2.25. The molecule has 152 valence electrons. The van der Waals surface area contributed by atoms with Gasteiger partial charge < -0.3 is 19.1 Å². The number of fused-ring (bicyclic) bond motifs is 1. The van der Waals surface area contributed by atoms with Crippen LogP contribution in [-0.2, 0) is 22.7 Å². The highest BCUT2D eigenvalue weighted by molar-refractivity contribution is 6.30. The van der Waals surface area contributed by atoms with Crippen LogP contribution < -0.4 is 9.64 Å². The maximum atomic E-state index is 12.5. The van der Waals surface area contributed by atoms with Crippen molar-refractivity contribution in [2.45, 2.75) is 26.1 Å². The van der Waals surface area contributed by atoms with Gasteiger partial charge >= 0.3 is 5.97 Å². The average molecular weight is 419 g/mol. The SMILES string of the molecule is O=C(OCc1cc(Cl)cc2c1OCOC2)c1ccc(N2CCCC2)c([N+](=O)[O-])c1. The molecular formula is C20H19ClN2O6. The maximum Gasteiger partial charge on any atom is 0.338 e. The second-order valence-electron chi connectivity index (χ2n) is 6.89. The Balaban J connectivity index is 1.53. The van der Waals surface area contributed by atoms with Crippen LogP contribution in [0.5, 0.6) is 5.75 Å². The molecule has 2 aromatic carbocycles. The lowest BCUT2D eigenvalue weighted by atomic mass is 10.1. The second kappa shape index (κ2) is 8.26. The first-order valence-electron chi connectivity index (χ1n) is 9.25. The molecular weight excluding hydrogens is 400 g/mol. The summed E-state index contributed by atoms with van der Waals surface area (Å²) in [6, 6.07) is 7.84. The molecule has 0 amide bonds. The number of carbonyl (C=O) groups is 1. The first-order valence-corrected chi connectivity index (χ1v) is 9.63. The molecule has 1 fully saturated rings. The highest BCUT2D eigenvalue weighted by atomic mass is 35.5. The fourth-order valence-electron chi connectivity index (χ4n) is 3.61. The lowest BCUT2D eigenvalue weighted by Crippen LogP contribution is -2.19. The summed E-state index contributed by atoms with van der Waals surface area (Å²) in [6.45, 7) is 1.95. The van der Waals surface area contributed by atoms with Crippen LogP contribution in [0.2, 0.25) is 5.02 Å². The molecule has 0 N–H and O–H groups in total. The number of carbonyl (C=O) groups excluding carboxylic acids is 1. The number of ether oxygens (including phenoxy) is 3. The van der Waals surface area contributed by atoms with E-state index < -0.39 is 10.9 Å². The van der Waals surface area contributed by atoms with E-state index in [-0.39, 0.29) is 24.7 Å². The van der Waals surface area contributed by atoms with Gasteiger partial charge in [-0.2, -0.15) is 0 Å². The fraction of sp³-hybridized carbons (Fsp3) is 0.350. The van der Waals surface area contributed by atoms with Crippen LogP contribution in [0.1, 0.15) is 34.3 Å². The van der Waals surface area contributed by atoms with Crippen LogP contribution in [-0.4, -0.2) is 30.8 Å². The van der Waals surface area contributed by atoms with E-state index in [1.807, 2.05) is 4.90 Å². The van der Waals surface area contributed by atoms with Crippen molar-refractivity contribution in [3.63, 3.8) is 0 Å². The highest BCUT2D eigenvalue weighted by Crippen LogP contribution is 2.34. The molecule has 0 spiro atoms. The van der Waals surface area contributed by atoms with E-state index in [0.717, 1.165) is 31.5 Å². The minimum atomic E-state index is -0.651. The van der Waals surface area contributed by atoms with E-state index in [2.05, 4.69) is 0 Å². The van der Waals surface area contributed by atoms with Crippen LogP contribution >= 0.6 is 11.6 Å². The molecule has 0 radical (unpaired) electrons. The van der Waals surface area contributed by atoms with E-state index in [0.29, 0.717) is 28.6 Å². The van der Waals surface area contributed by atoms with E-state index in [4.69, 9.17) is 25.8 Å². The van der Waals surface area contributed by atoms with Gasteiger partial charge in [0, 0.05) is 35.3 Å². The number of rotatable bonds is 5. The number of benzene rings is 2. The molecule has 2 aromatic rings. The Bertz CT molecular complexity index is 958. The van der Waals surface area contributed by atoms with Gasteiger partial charge in [0.25, 0.3) is 5.69 Å². The van der Waals surface area contributed by atoms with E-state index in [9.17, 15) is 14.9 Å². The minimum Gasteiger partial charge on any atom is -0.467 e. The molecule has 29 heavy (non-hydrogen) atoms. The molecule has 0 unspecified atom stereocenters. The third kappa shape index (κ3) is 4.13. The van der Waals surface area contributed by atoms with Crippen molar-refractivity contribution in [3.8, 4) is 5.75 Å². The van der Waals surface area contributed by atoms with Crippen molar-refractivity contribution in [2.24, 2.45) is 0 Å². The Morgan fingerprint density at radius 1 is 1.24 bits per heavy atom. The summed E-state index contributed by atoms with van der Waals surface area (Å²) in [7, 11) is 0. The van der Waals surface area contributed by atoms with Crippen LogP contribution in [0.15, 0.2) is 30.3 Å². The topological polar surface area (TPSA) is 91.1 Å². The van der Waals surface area contributed by atoms with Crippen molar-refractivity contribution in [1.82, 2.24) is 0 Å². The molecule has 9 heteroatoms. The van der Waals surface area contributed by atoms with Crippen molar-refractivity contribution < 1.29 is 23.9 Å². The lowest BCUT2D eigenvalue weighted by Gasteiger charge is -2.21. The number of nitrogens with zero attached hydrogens (tertiary/aromatic N) is 2. The molecule has 0 aliphatic carbocycles. The molecule has 0 saturated carbocycles. The largest absolute Gasteiger partial charge is 0.467 e. The molecule has 1 saturated heterocycles. The first-order chi connectivity index (χ1) is 14.0. The summed E-state index contributed by atoms with van der Waals surface area (Å²) in [6.07, 6.45) is 2.00. The Hall–Kier alpha value is -2.84. The van der Waals surface area contributed by atoms with Gasteiger partial charge in [-0.15, -0.1) is 0 Å². The number of anilines is 1. The van der Waals surface area contributed by atoms with Crippen LogP contribution in [0.3, 0.4) is 0 Å². The Labute approximate surface area is 172 Å². The fourth-order valence-corrected chi connectivity index (χ4v) is 3.88. The van der Waals surface area contributed by atoms with Gasteiger partial charge in [-0.25, -0.2) is 4.79 Å². The molecule has 2 aliphatic rings. The quantitative estimate of drug-likeness (QED) is 0.410. The Kier molecular flexibility index (Phi) is 5.55. The van der Waals surface area contributed by atoms with Gasteiger partial charge in [0.05, 0.1) is 17.1 Å². The molecule has 0 atom stereocenters. The number of nitro benzene ring substituents is 1. The monoisotopic (exact) mass is 418 g/mol. The maximum absolute atomic E-state index is 12.5. The smallest absolute Gasteiger partial charge is 0.338 e. The van der Waals surface area contributed by atoms with E-state index in [1.54, 1.807) is 24.3 Å². The molecule has 0 aromatic heterocycles. The standard InChI is InChI=1S/C20H19ClN2O6/c21-16-7-14-10-27-12-29-19(14)15(8-16)11-28-20(24)13-3-4-17(18(9-13)23(25)26)22-5-1-2-6-22/h3-4,7-9H,1-2,5-6,10-12H2. The minimum absolute atomic E-state index is 0.0661. The van der Waals surface area contributed by atoms with Gasteiger partial charge in [-0.3, -0.25) is 10.1 Å². The number of hydrogen-bond donors (Lipinski definition) is 0. The molecule has 4 rings (SSSR count). The summed E-state index contributed by atoms with van der Waals surface area (Å²) in [5.41, 5.74) is 1.95. The van der Waals surface area contributed by atoms with Crippen molar-refractivity contribution in [1.29, 1.82) is 0 Å². The number of halogens is 1. The predicted octanol–water partition coefficient (Wildman–Crippen LogP) is 4.07. The zero-order valence-corrected chi connectivity index (χ0v) is 16.3. The van der Waals surface area contributed by atoms with Gasteiger partial charge in [0.15, 0.2) is 6.79 Å². The summed E-state index contributed by atoms with van der Waals surface area (Å²) < 4.78 is 16.1. The molecule has 8 nitrogen and oxygen atoms in total. The molecule has 0 bridgehead atoms. The van der Waals surface area contributed by atoms with Gasteiger partial charge in [0.1, 0.15) is 18.0 Å². The van der Waals surface area contributed by atoms with Gasteiger partial charge in [-0.1, -0.05) is 11.6 Å². The lowest BCUT2D eigenvalue weighted by molar-refractivity contribution is -0.384. The third-order valence-corrected chi connectivity index (χ3v) is 5.18. The number of esters is 1. The summed E-state index contributed by atoms with van der Waals surface area (Å²) >= 11 is 6.12. The van der Waals surface area contributed by atoms with E-state index >= 15 is 0 Å². The summed E-state index contributed by atoms with van der Waals surface area (Å²) in [4.78, 5) is 25.5. The van der Waals surface area contributed by atoms with Crippen LogP contribution in [0.4, 0.5) is 11.4 Å². The zero-order valence-electron chi connectivity index (χ0n) is 15.6. The van der Waals surface area contributed by atoms with E-state index in [1.165, 1.54) is 6.07 Å². The van der Waals surface area contributed by atoms with Crippen molar-refractivity contribution >= 4 is 28.9 Å². The Morgan fingerprint density at radius 2 is 2.03 bits per heavy atom. The van der Waals surface area contributed by atoms with Crippen molar-refractivity contribution in [3.05, 3.63) is 62.2 Å². The summed E-state index contributed by atoms with van der Waals surface area (Å²) in [5, 5.41) is 12.0. The third-order valence-electron chi connectivity index (χ3n) is 4.97. The summed E-state index contributed by atoms with van der Waals surface area (Å²) in [5.74, 6) is -0.0642. The number of nitro groups is 1. The van der Waals surface area contributed by atoms with Crippen LogP contribution in [0, 0.1) is 10.1 Å². The Morgan fingerprint density at radius 3 is 2.79 bits per heavy atom. The zero-order chi connectivity index (χ0) is 20.4. The second-order valence-corrected chi connectivity index (χ2v) is 7.33.